The van der Waals surface area contributed by atoms with E-state index in [0.717, 1.165) is 6.07 Å². The molecule has 0 aliphatic heterocycles. The van der Waals surface area contributed by atoms with Crippen molar-refractivity contribution < 1.29 is 27.5 Å². The minimum absolute atomic E-state index is 0.147. The monoisotopic (exact) mass is 604 g/mol. The molecule has 0 aliphatic rings. The van der Waals surface area contributed by atoms with Gasteiger partial charge in [0.05, 0.1) is 24.9 Å². The van der Waals surface area contributed by atoms with Crippen LogP contribution in [0.5, 0.6) is 5.75 Å². The number of alkyl halides is 2. The molecule has 0 saturated carbocycles. The van der Waals surface area contributed by atoms with Crippen LogP contribution in [0.2, 0.25) is 5.02 Å². The van der Waals surface area contributed by atoms with Gasteiger partial charge in [-0.05, 0) is 47.9 Å². The second kappa shape index (κ2) is 12.6. The Labute approximate surface area is 241 Å². The first-order valence-electron chi connectivity index (χ1n) is 12.3. The number of nitrogens with zero attached hydrogens (tertiary/aromatic N) is 3. The van der Waals surface area contributed by atoms with Crippen molar-refractivity contribution in [2.24, 2.45) is 0 Å². The van der Waals surface area contributed by atoms with E-state index in [4.69, 9.17) is 16.3 Å². The molecule has 1 unspecified atom stereocenters. The molecule has 2 heterocycles. The van der Waals surface area contributed by atoms with Crippen molar-refractivity contribution in [3.05, 3.63) is 86.0 Å². The summed E-state index contributed by atoms with van der Waals surface area (Å²) < 4.78 is 47.6. The van der Waals surface area contributed by atoms with Gasteiger partial charge in [0.15, 0.2) is 10.8 Å². The summed E-state index contributed by atoms with van der Waals surface area (Å²) in [5.41, 5.74) is 0.805. The predicted molar refractivity (Wildman–Crippen MR) is 149 cm³/mol. The van der Waals surface area contributed by atoms with Crippen molar-refractivity contribution in [2.75, 3.05) is 14.2 Å². The molecule has 2 aromatic heterocycles. The number of rotatable bonds is 10. The minimum Gasteiger partial charge on any atom is -0.495 e. The third-order valence-electron chi connectivity index (χ3n) is 6.37. The number of methoxy groups -OCH3 is 1. The van der Waals surface area contributed by atoms with Crippen LogP contribution in [0.3, 0.4) is 0 Å². The Balaban J connectivity index is 1.72. The molecule has 41 heavy (non-hydrogen) atoms. The number of carbonyl (C=O) groups is 2. The van der Waals surface area contributed by atoms with Gasteiger partial charge in [-0.2, -0.15) is 0 Å². The number of ether oxygens (including phenoxy) is 1. The standard InChI is InChI=1S/C28H24ClF3N4O4S/c1-4-21(22(37)10-14-5-7-17(20(30)9-14)26(39)33-2)36-13-23(40-3)19(12-24(36)38)18-11-15(29)6-8-16(18)27-34-35-28(41-27)25(31)32/h5-9,11-13,21,25H,4,10H2,1-3H3,(H,33,39). The number of nitrogens with one attached hydrogen (secondary N) is 1. The Morgan fingerprint density at radius 2 is 1.85 bits per heavy atom. The predicted octanol–water partition coefficient (Wildman–Crippen LogP) is 5.90. The second-order valence-electron chi connectivity index (χ2n) is 8.90. The summed E-state index contributed by atoms with van der Waals surface area (Å²) in [5, 5.41) is 9.85. The molecule has 1 atom stereocenters. The summed E-state index contributed by atoms with van der Waals surface area (Å²) in [7, 11) is 2.77. The lowest BCUT2D eigenvalue weighted by Crippen LogP contribution is -2.30. The third-order valence-corrected chi connectivity index (χ3v) is 7.57. The van der Waals surface area contributed by atoms with Gasteiger partial charge in [0.25, 0.3) is 17.9 Å². The van der Waals surface area contributed by atoms with Crippen LogP contribution in [-0.2, 0) is 11.2 Å². The molecule has 13 heteroatoms. The average Bonchev–Trinajstić information content (AvgIpc) is 3.44. The summed E-state index contributed by atoms with van der Waals surface area (Å²) in [6.07, 6.45) is -1.32. The van der Waals surface area contributed by atoms with Crippen molar-refractivity contribution in [2.45, 2.75) is 32.2 Å². The number of pyridine rings is 1. The maximum Gasteiger partial charge on any atom is 0.291 e. The zero-order chi connectivity index (χ0) is 29.8. The van der Waals surface area contributed by atoms with Crippen molar-refractivity contribution in [1.29, 1.82) is 0 Å². The van der Waals surface area contributed by atoms with Gasteiger partial charge >= 0.3 is 0 Å². The van der Waals surface area contributed by atoms with Crippen LogP contribution >= 0.6 is 22.9 Å². The maximum absolute atomic E-state index is 14.4. The first kappa shape index (κ1) is 29.9. The second-order valence-corrected chi connectivity index (χ2v) is 10.3. The highest BCUT2D eigenvalue weighted by atomic mass is 35.5. The smallest absolute Gasteiger partial charge is 0.291 e. The number of ketones is 1. The fourth-order valence-electron chi connectivity index (χ4n) is 4.39. The summed E-state index contributed by atoms with van der Waals surface area (Å²) in [6, 6.07) is 8.99. The number of hydrogen-bond donors (Lipinski definition) is 1. The summed E-state index contributed by atoms with van der Waals surface area (Å²) in [6.45, 7) is 1.73. The van der Waals surface area contributed by atoms with E-state index >= 15 is 0 Å². The van der Waals surface area contributed by atoms with E-state index in [0.29, 0.717) is 38.6 Å². The van der Waals surface area contributed by atoms with E-state index in [1.165, 1.54) is 43.1 Å². The van der Waals surface area contributed by atoms with Crippen LogP contribution in [-0.4, -0.2) is 40.6 Å². The summed E-state index contributed by atoms with van der Waals surface area (Å²) >= 11 is 6.96. The number of amides is 1. The lowest BCUT2D eigenvalue weighted by Gasteiger charge is -2.20. The minimum atomic E-state index is -2.79. The van der Waals surface area contributed by atoms with Crippen molar-refractivity contribution in [3.63, 3.8) is 0 Å². The highest BCUT2D eigenvalue weighted by molar-refractivity contribution is 7.14. The molecule has 0 saturated heterocycles. The maximum atomic E-state index is 14.4. The molecule has 214 valence electrons. The fourth-order valence-corrected chi connectivity index (χ4v) is 5.30. The first-order valence-corrected chi connectivity index (χ1v) is 13.5. The van der Waals surface area contributed by atoms with Gasteiger partial charge in [-0.3, -0.25) is 14.4 Å². The lowest BCUT2D eigenvalue weighted by atomic mass is 9.98. The molecular weight excluding hydrogens is 581 g/mol. The Hall–Kier alpha value is -4.03. The van der Waals surface area contributed by atoms with Crippen molar-refractivity contribution >= 4 is 34.6 Å². The van der Waals surface area contributed by atoms with Gasteiger partial charge in [0.2, 0.25) is 0 Å². The SMILES string of the molecule is CCC(C(=O)Cc1ccc(C(=O)NC)c(F)c1)n1cc(OC)c(-c2cc(Cl)ccc2-c2nnc(C(F)F)s2)cc1=O. The van der Waals surface area contributed by atoms with E-state index in [9.17, 15) is 27.6 Å². The third kappa shape index (κ3) is 6.33. The highest BCUT2D eigenvalue weighted by Crippen LogP contribution is 2.40. The summed E-state index contributed by atoms with van der Waals surface area (Å²) in [4.78, 5) is 38.4. The van der Waals surface area contributed by atoms with Crippen LogP contribution in [0.15, 0.2) is 53.5 Å². The van der Waals surface area contributed by atoms with E-state index < -0.39 is 34.8 Å². The van der Waals surface area contributed by atoms with E-state index in [1.807, 2.05) is 0 Å². The molecule has 2 aromatic carbocycles. The number of benzene rings is 2. The van der Waals surface area contributed by atoms with Crippen LogP contribution in [0, 0.1) is 5.82 Å². The molecule has 0 radical (unpaired) electrons. The van der Waals surface area contributed by atoms with Gasteiger partial charge in [0, 0.05) is 35.7 Å². The molecule has 1 N–H and O–H groups in total. The highest BCUT2D eigenvalue weighted by Gasteiger charge is 2.24. The normalized spacial score (nSPS) is 11.9. The van der Waals surface area contributed by atoms with Crippen molar-refractivity contribution in [3.8, 4) is 27.4 Å². The fraction of sp³-hybridized carbons (Fsp3) is 0.250. The van der Waals surface area contributed by atoms with Crippen LogP contribution in [0.1, 0.15) is 46.7 Å². The van der Waals surface area contributed by atoms with Crippen molar-refractivity contribution in [1.82, 2.24) is 20.1 Å². The molecule has 4 rings (SSSR count). The number of halogens is 4. The Morgan fingerprint density at radius 1 is 1.10 bits per heavy atom. The average molecular weight is 605 g/mol. The zero-order valence-electron chi connectivity index (χ0n) is 22.1. The largest absolute Gasteiger partial charge is 0.495 e. The molecule has 0 spiro atoms. The van der Waals surface area contributed by atoms with Crippen LogP contribution in [0.4, 0.5) is 13.2 Å². The summed E-state index contributed by atoms with van der Waals surface area (Å²) in [5.74, 6) is -1.49. The number of Topliss-reactive ketones (excluding diaryl/α,β-unsaturated/α-hetero) is 1. The van der Waals surface area contributed by atoms with Gasteiger partial charge in [-0.25, -0.2) is 13.2 Å². The zero-order valence-corrected chi connectivity index (χ0v) is 23.7. The number of hydrogen-bond acceptors (Lipinski definition) is 7. The first-order chi connectivity index (χ1) is 19.6. The topological polar surface area (TPSA) is 103 Å². The molecule has 1 amide bonds. The van der Waals surface area contributed by atoms with Crippen LogP contribution in [0.25, 0.3) is 21.7 Å². The van der Waals surface area contributed by atoms with Gasteiger partial charge in [-0.1, -0.05) is 35.9 Å². The molecule has 8 nitrogen and oxygen atoms in total. The van der Waals surface area contributed by atoms with E-state index in [2.05, 4.69) is 15.5 Å². The Kier molecular flexibility index (Phi) is 9.24. The molecule has 4 aromatic rings. The molecule has 0 fully saturated rings. The molecule has 0 aliphatic carbocycles. The van der Waals surface area contributed by atoms with Gasteiger partial charge in [0.1, 0.15) is 16.6 Å². The number of carbonyl (C=O) groups excluding carboxylic acids is 2. The quantitative estimate of drug-likeness (QED) is 0.242. The number of aromatic nitrogens is 3. The van der Waals surface area contributed by atoms with Gasteiger partial charge < -0.3 is 14.6 Å². The molecule has 0 bridgehead atoms. The van der Waals surface area contributed by atoms with E-state index in [1.54, 1.807) is 25.1 Å². The van der Waals surface area contributed by atoms with Gasteiger partial charge in [-0.15, -0.1) is 10.2 Å². The Morgan fingerprint density at radius 3 is 2.46 bits per heavy atom. The van der Waals surface area contributed by atoms with E-state index in [-0.39, 0.29) is 34.9 Å². The molecular formula is C28H24ClF3N4O4S. The Bertz CT molecular complexity index is 1670. The lowest BCUT2D eigenvalue weighted by molar-refractivity contribution is -0.121. The van der Waals surface area contributed by atoms with Crippen LogP contribution < -0.4 is 15.6 Å².